The lowest BCUT2D eigenvalue weighted by atomic mass is 10.1. The number of thiophene rings is 1. The van der Waals surface area contributed by atoms with E-state index in [-0.39, 0.29) is 27.1 Å². The summed E-state index contributed by atoms with van der Waals surface area (Å²) < 4.78 is 8.70. The SMILES string of the molecule is CCn1cc(-c2ccnc3c(C(=O)Nc4sc(C(N)=O)c(C)c4C(=O)OC(C)C)cnn23)c(C)n1. The molecule has 0 saturated heterocycles. The zero-order valence-electron chi connectivity index (χ0n) is 19.9. The number of fused-ring (bicyclic) bond motifs is 1. The predicted octanol–water partition coefficient (Wildman–Crippen LogP) is 3.21. The maximum Gasteiger partial charge on any atom is 0.341 e. The van der Waals surface area contributed by atoms with Gasteiger partial charge < -0.3 is 15.8 Å². The third-order valence-electron chi connectivity index (χ3n) is 5.34. The Morgan fingerprint density at radius 1 is 1.26 bits per heavy atom. The Morgan fingerprint density at radius 3 is 2.63 bits per heavy atom. The smallest absolute Gasteiger partial charge is 0.341 e. The molecule has 35 heavy (non-hydrogen) atoms. The minimum Gasteiger partial charge on any atom is -0.459 e. The summed E-state index contributed by atoms with van der Waals surface area (Å²) in [5, 5.41) is 11.7. The number of carbonyl (C=O) groups is 3. The molecule has 0 fully saturated rings. The van der Waals surface area contributed by atoms with Crippen LogP contribution in [0.5, 0.6) is 0 Å². The number of nitrogens with one attached hydrogen (secondary N) is 1. The van der Waals surface area contributed by atoms with Crippen molar-refractivity contribution in [2.45, 2.75) is 47.3 Å². The lowest BCUT2D eigenvalue weighted by Crippen LogP contribution is -2.17. The fraction of sp³-hybridized carbons (Fsp3) is 0.304. The monoisotopic (exact) mass is 495 g/mol. The van der Waals surface area contributed by atoms with Gasteiger partial charge in [-0.3, -0.25) is 14.3 Å². The highest BCUT2D eigenvalue weighted by Crippen LogP contribution is 2.34. The second-order valence-corrected chi connectivity index (χ2v) is 9.16. The van der Waals surface area contributed by atoms with Gasteiger partial charge in [0.05, 0.1) is 34.1 Å². The van der Waals surface area contributed by atoms with Crippen LogP contribution in [0.15, 0.2) is 24.7 Å². The number of aryl methyl sites for hydroxylation is 2. The Bertz CT molecular complexity index is 1460. The molecule has 0 radical (unpaired) electrons. The fourth-order valence-electron chi connectivity index (χ4n) is 3.71. The molecule has 0 aromatic carbocycles. The van der Waals surface area contributed by atoms with E-state index in [9.17, 15) is 14.4 Å². The number of nitrogens with zero attached hydrogens (tertiary/aromatic N) is 5. The molecule has 4 rings (SSSR count). The van der Waals surface area contributed by atoms with Crippen LogP contribution in [0.2, 0.25) is 0 Å². The number of hydrogen-bond donors (Lipinski definition) is 2. The minimum absolute atomic E-state index is 0.0959. The molecule has 4 aromatic rings. The van der Waals surface area contributed by atoms with Crippen LogP contribution in [-0.4, -0.2) is 48.3 Å². The lowest BCUT2D eigenvalue weighted by molar-refractivity contribution is 0.0379. The Labute approximate surface area is 204 Å². The number of nitrogens with two attached hydrogens (primary N) is 1. The van der Waals surface area contributed by atoms with Crippen LogP contribution in [0.3, 0.4) is 0 Å². The number of hydrogen-bond acceptors (Lipinski definition) is 8. The maximum atomic E-state index is 13.3. The summed E-state index contributed by atoms with van der Waals surface area (Å²) in [6, 6.07) is 1.80. The Kier molecular flexibility index (Phi) is 6.39. The molecule has 0 aliphatic carbocycles. The maximum absolute atomic E-state index is 13.3. The van der Waals surface area contributed by atoms with Crippen LogP contribution in [0.25, 0.3) is 16.9 Å². The lowest BCUT2D eigenvalue weighted by Gasteiger charge is -2.10. The summed E-state index contributed by atoms with van der Waals surface area (Å²) >= 11 is 0.922. The van der Waals surface area contributed by atoms with E-state index in [1.165, 1.54) is 6.20 Å². The number of rotatable bonds is 7. The van der Waals surface area contributed by atoms with Gasteiger partial charge in [0.2, 0.25) is 0 Å². The van der Waals surface area contributed by atoms with E-state index in [0.717, 1.165) is 34.8 Å². The summed E-state index contributed by atoms with van der Waals surface area (Å²) in [7, 11) is 0. The highest BCUT2D eigenvalue weighted by Gasteiger charge is 2.27. The zero-order valence-corrected chi connectivity index (χ0v) is 20.8. The van der Waals surface area contributed by atoms with Crippen molar-refractivity contribution in [1.82, 2.24) is 24.4 Å². The van der Waals surface area contributed by atoms with Gasteiger partial charge in [0, 0.05) is 24.5 Å². The third kappa shape index (κ3) is 4.39. The molecule has 0 spiro atoms. The molecule has 0 bridgehead atoms. The van der Waals surface area contributed by atoms with Crippen LogP contribution >= 0.6 is 11.3 Å². The average molecular weight is 496 g/mol. The number of primary amides is 1. The van der Waals surface area contributed by atoms with Gasteiger partial charge in [-0.25, -0.2) is 14.3 Å². The predicted molar refractivity (Wildman–Crippen MR) is 131 cm³/mol. The van der Waals surface area contributed by atoms with Crippen molar-refractivity contribution in [2.75, 3.05) is 5.32 Å². The van der Waals surface area contributed by atoms with Crippen molar-refractivity contribution < 1.29 is 19.1 Å². The molecule has 0 saturated carbocycles. The second-order valence-electron chi connectivity index (χ2n) is 8.14. The highest BCUT2D eigenvalue weighted by molar-refractivity contribution is 7.18. The summed E-state index contributed by atoms with van der Waals surface area (Å²) in [4.78, 5) is 42.4. The number of aromatic nitrogens is 5. The van der Waals surface area contributed by atoms with Crippen molar-refractivity contribution in [3.05, 3.63) is 51.9 Å². The van der Waals surface area contributed by atoms with Crippen LogP contribution in [0, 0.1) is 13.8 Å². The second kappa shape index (κ2) is 9.29. The first kappa shape index (κ1) is 24.1. The van der Waals surface area contributed by atoms with Gasteiger partial charge in [-0.2, -0.15) is 10.2 Å². The number of anilines is 1. The molecule has 12 heteroatoms. The molecule has 4 heterocycles. The van der Waals surface area contributed by atoms with Crippen molar-refractivity contribution in [3.8, 4) is 11.3 Å². The molecule has 11 nitrogen and oxygen atoms in total. The van der Waals surface area contributed by atoms with E-state index in [1.54, 1.807) is 37.5 Å². The Morgan fingerprint density at radius 2 is 2.00 bits per heavy atom. The van der Waals surface area contributed by atoms with Gasteiger partial charge in [-0.1, -0.05) is 0 Å². The third-order valence-corrected chi connectivity index (χ3v) is 6.56. The Balaban J connectivity index is 1.73. The molecule has 0 aliphatic heterocycles. The molecule has 3 N–H and O–H groups in total. The van der Waals surface area contributed by atoms with Crippen molar-refractivity contribution in [2.24, 2.45) is 5.73 Å². The summed E-state index contributed by atoms with van der Waals surface area (Å²) in [5.74, 6) is -1.89. The van der Waals surface area contributed by atoms with Crippen LogP contribution in [-0.2, 0) is 11.3 Å². The van der Waals surface area contributed by atoms with Gasteiger partial charge in [0.1, 0.15) is 10.6 Å². The van der Waals surface area contributed by atoms with Crippen LogP contribution in [0.4, 0.5) is 5.00 Å². The first-order chi connectivity index (χ1) is 16.6. The highest BCUT2D eigenvalue weighted by atomic mass is 32.1. The van der Waals surface area contributed by atoms with Gasteiger partial charge in [0.15, 0.2) is 5.65 Å². The first-order valence-corrected chi connectivity index (χ1v) is 11.8. The quantitative estimate of drug-likeness (QED) is 0.374. The van der Waals surface area contributed by atoms with Crippen LogP contribution < -0.4 is 11.1 Å². The largest absolute Gasteiger partial charge is 0.459 e. The topological polar surface area (TPSA) is 146 Å². The molecule has 4 aromatic heterocycles. The average Bonchev–Trinajstić information content (AvgIpc) is 3.47. The van der Waals surface area contributed by atoms with Gasteiger partial charge >= 0.3 is 5.97 Å². The summed E-state index contributed by atoms with van der Waals surface area (Å²) in [6.45, 7) is 9.62. The van der Waals surface area contributed by atoms with Gasteiger partial charge in [-0.15, -0.1) is 11.3 Å². The van der Waals surface area contributed by atoms with Crippen molar-refractivity contribution in [1.29, 1.82) is 0 Å². The van der Waals surface area contributed by atoms with E-state index in [1.807, 2.05) is 24.7 Å². The molecular formula is C23H25N7O4S. The normalized spacial score (nSPS) is 11.3. The first-order valence-electron chi connectivity index (χ1n) is 10.9. The fourth-order valence-corrected chi connectivity index (χ4v) is 4.75. The van der Waals surface area contributed by atoms with E-state index in [0.29, 0.717) is 11.2 Å². The number of ether oxygens (including phenoxy) is 1. The van der Waals surface area contributed by atoms with Gasteiger partial charge in [0.25, 0.3) is 11.8 Å². The number of esters is 1. The van der Waals surface area contributed by atoms with E-state index >= 15 is 0 Å². The van der Waals surface area contributed by atoms with E-state index in [2.05, 4.69) is 20.5 Å². The summed E-state index contributed by atoms with van der Waals surface area (Å²) in [5.41, 5.74) is 8.87. The minimum atomic E-state index is -0.697. The molecule has 182 valence electrons. The number of carbonyl (C=O) groups excluding carboxylic acids is 3. The van der Waals surface area contributed by atoms with Gasteiger partial charge in [-0.05, 0) is 46.2 Å². The number of amides is 2. The summed E-state index contributed by atoms with van der Waals surface area (Å²) in [6.07, 6.45) is 4.53. The van der Waals surface area contributed by atoms with E-state index in [4.69, 9.17) is 10.5 Å². The molecule has 2 amide bonds. The van der Waals surface area contributed by atoms with E-state index < -0.39 is 17.8 Å². The van der Waals surface area contributed by atoms with Crippen molar-refractivity contribution in [3.63, 3.8) is 0 Å². The molecule has 0 atom stereocenters. The molecular weight excluding hydrogens is 470 g/mol. The molecule has 0 aliphatic rings. The Hall–Kier alpha value is -4.06. The molecule has 0 unspecified atom stereocenters. The van der Waals surface area contributed by atoms with Crippen molar-refractivity contribution >= 4 is 39.8 Å². The standard InChI is InChI=1S/C23H25N7O4S/c1-6-29-10-15(13(5)28-29)16-7-8-25-20-14(9-26-30(16)20)21(32)27-22-17(23(33)34-11(2)3)12(4)18(35-22)19(24)31/h7-11H,6H2,1-5H3,(H2,24,31)(H,27,32). The zero-order chi connectivity index (χ0) is 25.4. The van der Waals surface area contributed by atoms with Crippen LogP contribution in [0.1, 0.15) is 62.4 Å².